The summed E-state index contributed by atoms with van der Waals surface area (Å²) >= 11 is 5.95. The number of hydrogen-bond acceptors (Lipinski definition) is 1. The van der Waals surface area contributed by atoms with E-state index in [0.29, 0.717) is 17.7 Å². The summed E-state index contributed by atoms with van der Waals surface area (Å²) in [6.07, 6.45) is 1.29. The molecule has 1 heterocycles. The Balaban J connectivity index is 2.15. The first-order valence-electron chi connectivity index (χ1n) is 5.99. The molecule has 0 radical (unpaired) electrons. The molecule has 1 aromatic carbocycles. The van der Waals surface area contributed by atoms with E-state index in [0.717, 1.165) is 13.0 Å². The Morgan fingerprint density at radius 2 is 2.00 bits per heavy atom. The summed E-state index contributed by atoms with van der Waals surface area (Å²) in [6.45, 7) is 5.26. The molecule has 16 heavy (non-hydrogen) atoms. The third-order valence-electron chi connectivity index (χ3n) is 3.34. The van der Waals surface area contributed by atoms with Crippen LogP contribution in [-0.2, 0) is 4.74 Å². The van der Waals surface area contributed by atoms with Gasteiger partial charge in [-0.1, -0.05) is 38.1 Å². The molecule has 0 aromatic heterocycles. The summed E-state index contributed by atoms with van der Waals surface area (Å²) in [5.41, 5.74) is 2.65. The highest BCUT2D eigenvalue weighted by Gasteiger charge is 2.28. The molecule has 0 aliphatic carbocycles. The van der Waals surface area contributed by atoms with E-state index in [1.165, 1.54) is 11.1 Å². The summed E-state index contributed by atoms with van der Waals surface area (Å²) in [4.78, 5) is 0. The van der Waals surface area contributed by atoms with Gasteiger partial charge in [0.05, 0.1) is 6.10 Å². The van der Waals surface area contributed by atoms with Crippen LogP contribution in [0.5, 0.6) is 0 Å². The zero-order chi connectivity index (χ0) is 11.5. The Hall–Kier alpha value is -0.530. The molecule has 0 bridgehead atoms. The van der Waals surface area contributed by atoms with E-state index in [1.807, 2.05) is 0 Å². The van der Waals surface area contributed by atoms with Crippen LogP contribution in [0.3, 0.4) is 0 Å². The van der Waals surface area contributed by atoms with E-state index >= 15 is 0 Å². The first-order chi connectivity index (χ1) is 7.72. The highest BCUT2D eigenvalue weighted by atomic mass is 35.5. The van der Waals surface area contributed by atoms with Gasteiger partial charge in [-0.25, -0.2) is 0 Å². The largest absolute Gasteiger partial charge is 0.373 e. The average molecular weight is 239 g/mol. The average Bonchev–Trinajstić information content (AvgIpc) is 2.77. The second-order valence-electron chi connectivity index (χ2n) is 4.82. The van der Waals surface area contributed by atoms with E-state index in [1.54, 1.807) is 0 Å². The monoisotopic (exact) mass is 238 g/mol. The van der Waals surface area contributed by atoms with Gasteiger partial charge in [0, 0.05) is 18.4 Å². The first kappa shape index (κ1) is 11.9. The lowest BCUT2D eigenvalue weighted by Crippen LogP contribution is -2.08. The molecule has 88 valence electrons. The molecule has 1 saturated heterocycles. The minimum Gasteiger partial charge on any atom is -0.373 e. The maximum Gasteiger partial charge on any atom is 0.0865 e. The highest BCUT2D eigenvalue weighted by molar-refractivity contribution is 6.18. The van der Waals surface area contributed by atoms with Crippen molar-refractivity contribution >= 4 is 11.6 Å². The molecule has 2 rings (SSSR count). The van der Waals surface area contributed by atoms with Crippen LogP contribution in [-0.4, -0.2) is 12.5 Å². The third-order valence-corrected chi connectivity index (χ3v) is 3.74. The summed E-state index contributed by atoms with van der Waals surface area (Å²) < 4.78 is 5.76. The number of hydrogen-bond donors (Lipinski definition) is 0. The predicted octanol–water partition coefficient (Wildman–Crippen LogP) is 4.13. The number of ether oxygens (including phenoxy) is 1. The van der Waals surface area contributed by atoms with Gasteiger partial charge < -0.3 is 4.74 Å². The Morgan fingerprint density at radius 3 is 2.56 bits per heavy atom. The lowest BCUT2D eigenvalue weighted by Gasteiger charge is -2.17. The van der Waals surface area contributed by atoms with Crippen LogP contribution >= 0.6 is 11.6 Å². The molecular weight excluding hydrogens is 220 g/mol. The topological polar surface area (TPSA) is 9.23 Å². The number of benzene rings is 1. The Kier molecular flexibility index (Phi) is 3.88. The molecule has 2 heteroatoms. The van der Waals surface area contributed by atoms with Gasteiger partial charge in [0.2, 0.25) is 0 Å². The van der Waals surface area contributed by atoms with Crippen molar-refractivity contribution in [3.63, 3.8) is 0 Å². The molecule has 1 aromatic rings. The third kappa shape index (κ3) is 2.41. The number of rotatable bonds is 3. The van der Waals surface area contributed by atoms with Crippen molar-refractivity contribution in [1.29, 1.82) is 0 Å². The van der Waals surface area contributed by atoms with Crippen molar-refractivity contribution in [1.82, 2.24) is 0 Å². The predicted molar refractivity (Wildman–Crippen MR) is 68.1 cm³/mol. The molecular formula is C14H19ClO. The van der Waals surface area contributed by atoms with Gasteiger partial charge in [-0.05, 0) is 23.5 Å². The fourth-order valence-corrected chi connectivity index (χ4v) is 2.55. The summed E-state index contributed by atoms with van der Waals surface area (Å²) in [5, 5.41) is 0. The molecule has 0 spiro atoms. The van der Waals surface area contributed by atoms with E-state index in [-0.39, 0.29) is 6.10 Å². The Labute approximate surface area is 103 Å². The molecule has 1 aliphatic heterocycles. The van der Waals surface area contributed by atoms with E-state index < -0.39 is 0 Å². The fraction of sp³-hybridized carbons (Fsp3) is 0.571. The normalized spacial score (nSPS) is 25.2. The molecule has 0 N–H and O–H groups in total. The molecule has 1 fully saturated rings. The van der Waals surface area contributed by atoms with Crippen LogP contribution in [0.4, 0.5) is 0 Å². The van der Waals surface area contributed by atoms with Crippen molar-refractivity contribution in [2.24, 2.45) is 5.92 Å². The van der Waals surface area contributed by atoms with Gasteiger partial charge in [0.1, 0.15) is 0 Å². The van der Waals surface area contributed by atoms with Crippen LogP contribution < -0.4 is 0 Å². The van der Waals surface area contributed by atoms with Gasteiger partial charge in [0.25, 0.3) is 0 Å². The molecule has 0 amide bonds. The Bertz CT molecular complexity index is 331. The van der Waals surface area contributed by atoms with E-state index in [2.05, 4.69) is 38.1 Å². The van der Waals surface area contributed by atoms with Crippen LogP contribution in [0.2, 0.25) is 0 Å². The lowest BCUT2D eigenvalue weighted by atomic mass is 9.94. The standard InChI is InChI=1S/C14H19ClO/c1-10(2)11-3-5-12(6-4-11)14-13(9-15)7-8-16-14/h3-6,10,13-14H,7-9H2,1-2H3. The van der Waals surface area contributed by atoms with Crippen LogP contribution in [0.1, 0.15) is 43.4 Å². The van der Waals surface area contributed by atoms with Crippen LogP contribution in [0, 0.1) is 5.92 Å². The second kappa shape index (κ2) is 5.20. The maximum absolute atomic E-state index is 5.95. The minimum atomic E-state index is 0.207. The second-order valence-corrected chi connectivity index (χ2v) is 5.12. The van der Waals surface area contributed by atoms with E-state index in [4.69, 9.17) is 16.3 Å². The quantitative estimate of drug-likeness (QED) is 0.720. The molecule has 0 saturated carbocycles. The molecule has 2 unspecified atom stereocenters. The zero-order valence-corrected chi connectivity index (χ0v) is 10.7. The maximum atomic E-state index is 5.95. The summed E-state index contributed by atoms with van der Waals surface area (Å²) in [6, 6.07) is 8.77. The zero-order valence-electron chi connectivity index (χ0n) is 9.95. The Morgan fingerprint density at radius 1 is 1.31 bits per heavy atom. The minimum absolute atomic E-state index is 0.207. The van der Waals surface area contributed by atoms with Crippen LogP contribution in [0.15, 0.2) is 24.3 Å². The fourth-order valence-electron chi connectivity index (χ4n) is 2.23. The SMILES string of the molecule is CC(C)c1ccc(C2OCCC2CCl)cc1. The van der Waals surface area contributed by atoms with Crippen molar-refractivity contribution in [2.75, 3.05) is 12.5 Å². The summed E-state index contributed by atoms with van der Waals surface area (Å²) in [5.74, 6) is 1.75. The molecule has 1 nitrogen and oxygen atoms in total. The van der Waals surface area contributed by atoms with Gasteiger partial charge in [-0.15, -0.1) is 11.6 Å². The van der Waals surface area contributed by atoms with Crippen molar-refractivity contribution in [3.05, 3.63) is 35.4 Å². The number of alkyl halides is 1. The molecule has 2 atom stereocenters. The van der Waals surface area contributed by atoms with Crippen molar-refractivity contribution in [3.8, 4) is 0 Å². The van der Waals surface area contributed by atoms with Crippen molar-refractivity contribution in [2.45, 2.75) is 32.3 Å². The van der Waals surface area contributed by atoms with Gasteiger partial charge in [-0.3, -0.25) is 0 Å². The van der Waals surface area contributed by atoms with Gasteiger partial charge in [0.15, 0.2) is 0 Å². The van der Waals surface area contributed by atoms with Crippen LogP contribution in [0.25, 0.3) is 0 Å². The highest BCUT2D eigenvalue weighted by Crippen LogP contribution is 2.35. The van der Waals surface area contributed by atoms with E-state index in [9.17, 15) is 0 Å². The van der Waals surface area contributed by atoms with Gasteiger partial charge >= 0.3 is 0 Å². The number of halogens is 1. The smallest absolute Gasteiger partial charge is 0.0865 e. The molecule has 1 aliphatic rings. The van der Waals surface area contributed by atoms with Gasteiger partial charge in [-0.2, -0.15) is 0 Å². The summed E-state index contributed by atoms with van der Waals surface area (Å²) in [7, 11) is 0. The lowest BCUT2D eigenvalue weighted by molar-refractivity contribution is 0.0951. The first-order valence-corrected chi connectivity index (χ1v) is 6.53. The van der Waals surface area contributed by atoms with Crippen molar-refractivity contribution < 1.29 is 4.74 Å².